The van der Waals surface area contributed by atoms with Crippen molar-refractivity contribution in [3.05, 3.63) is 71.0 Å². The van der Waals surface area contributed by atoms with Gasteiger partial charge in [0.15, 0.2) is 5.69 Å². The molecule has 0 bridgehead atoms. The smallest absolute Gasteiger partial charge is 0.324 e. The summed E-state index contributed by atoms with van der Waals surface area (Å²) < 4.78 is 38.5. The number of amides is 1. The van der Waals surface area contributed by atoms with E-state index in [9.17, 15) is 18.0 Å². The summed E-state index contributed by atoms with van der Waals surface area (Å²) in [6, 6.07) is 12.1. The minimum atomic E-state index is -4.58. The van der Waals surface area contributed by atoms with Gasteiger partial charge in [0.25, 0.3) is 5.91 Å². The average Bonchev–Trinajstić information content (AvgIpc) is 3.58. The van der Waals surface area contributed by atoms with Crippen LogP contribution in [0.2, 0.25) is 0 Å². The molecule has 0 radical (unpaired) electrons. The van der Waals surface area contributed by atoms with Crippen molar-refractivity contribution in [1.29, 1.82) is 0 Å². The Morgan fingerprint density at radius 3 is 2.74 bits per heavy atom. The number of alkyl halides is 3. The fourth-order valence-corrected chi connectivity index (χ4v) is 4.35. The van der Waals surface area contributed by atoms with Crippen LogP contribution in [0.5, 0.6) is 0 Å². The predicted octanol–water partition coefficient (Wildman–Crippen LogP) is 5.37. The Hall–Kier alpha value is -4.03. The van der Waals surface area contributed by atoms with Gasteiger partial charge in [0.1, 0.15) is 10.7 Å². The van der Waals surface area contributed by atoms with Crippen LogP contribution in [-0.2, 0) is 6.18 Å². The van der Waals surface area contributed by atoms with E-state index in [1.165, 1.54) is 5.38 Å². The van der Waals surface area contributed by atoms with Gasteiger partial charge >= 0.3 is 6.18 Å². The number of benzene rings is 2. The molecular weight excluding hydrogens is 479 g/mol. The first-order valence-corrected chi connectivity index (χ1v) is 11.3. The third-order valence-electron chi connectivity index (χ3n) is 5.39. The second kappa shape index (κ2) is 8.64. The molecule has 0 aliphatic rings. The number of fused-ring (bicyclic) bond motifs is 1. The molecule has 5 aromatic rings. The van der Waals surface area contributed by atoms with Gasteiger partial charge in [-0.3, -0.25) is 15.0 Å². The van der Waals surface area contributed by atoms with Crippen LogP contribution in [0.4, 0.5) is 18.9 Å². The van der Waals surface area contributed by atoms with Crippen LogP contribution in [0.25, 0.3) is 32.7 Å². The summed E-state index contributed by atoms with van der Waals surface area (Å²) in [4.78, 5) is 17.2. The molecule has 1 amide bonds. The Labute approximate surface area is 200 Å². The first-order chi connectivity index (χ1) is 16.7. The van der Waals surface area contributed by atoms with Crippen molar-refractivity contribution in [2.75, 3.05) is 5.32 Å². The monoisotopic (exact) mass is 497 g/mol. The zero-order valence-corrected chi connectivity index (χ0v) is 19.0. The first kappa shape index (κ1) is 22.7. The molecule has 0 saturated heterocycles. The molecule has 5 rings (SSSR count). The minimum absolute atomic E-state index is 0.0631. The minimum Gasteiger partial charge on any atom is -0.324 e. The van der Waals surface area contributed by atoms with Crippen LogP contribution in [0.15, 0.2) is 54.0 Å². The molecule has 35 heavy (non-hydrogen) atoms. The van der Waals surface area contributed by atoms with Crippen LogP contribution in [-0.4, -0.2) is 31.3 Å². The molecule has 12 heteroatoms. The summed E-state index contributed by atoms with van der Waals surface area (Å²) in [5.74, 6) is -0.508. The highest BCUT2D eigenvalue weighted by Gasteiger charge is 2.34. The summed E-state index contributed by atoms with van der Waals surface area (Å²) >= 11 is 1.03. The lowest BCUT2D eigenvalue weighted by atomic mass is 9.98. The Morgan fingerprint density at radius 1 is 1.17 bits per heavy atom. The number of thiazole rings is 1. The molecule has 0 saturated carbocycles. The van der Waals surface area contributed by atoms with Crippen LogP contribution in [0, 0.1) is 0 Å². The van der Waals surface area contributed by atoms with E-state index < -0.39 is 17.8 Å². The molecular formula is C23H18F3N7OS. The highest BCUT2D eigenvalue weighted by Crippen LogP contribution is 2.34. The third-order valence-corrected chi connectivity index (χ3v) is 6.26. The van der Waals surface area contributed by atoms with Crippen molar-refractivity contribution in [1.82, 2.24) is 25.4 Å². The Balaban J connectivity index is 1.47. The van der Waals surface area contributed by atoms with E-state index >= 15 is 0 Å². The normalized spacial score (nSPS) is 12.7. The highest BCUT2D eigenvalue weighted by molar-refractivity contribution is 7.13. The zero-order chi connectivity index (χ0) is 24.7. The van der Waals surface area contributed by atoms with Crippen molar-refractivity contribution in [3.63, 3.8) is 0 Å². The maximum absolute atomic E-state index is 13.0. The molecule has 3 heterocycles. The number of nitrogens with one attached hydrogen (secondary N) is 3. The summed E-state index contributed by atoms with van der Waals surface area (Å²) in [5.41, 5.74) is 8.92. The zero-order valence-electron chi connectivity index (χ0n) is 18.1. The summed E-state index contributed by atoms with van der Waals surface area (Å²) in [7, 11) is 0. The Morgan fingerprint density at radius 2 is 2.00 bits per heavy atom. The molecule has 178 valence electrons. The molecule has 0 aliphatic carbocycles. The summed E-state index contributed by atoms with van der Waals surface area (Å²) in [5, 5.41) is 18.0. The lowest BCUT2D eigenvalue weighted by Gasteiger charge is -2.13. The van der Waals surface area contributed by atoms with Crippen LogP contribution in [0.1, 0.15) is 34.7 Å². The van der Waals surface area contributed by atoms with Gasteiger partial charge in [0, 0.05) is 22.4 Å². The number of hydrogen-bond acceptors (Lipinski definition) is 6. The molecule has 2 aromatic carbocycles. The van der Waals surface area contributed by atoms with Crippen LogP contribution >= 0.6 is 11.3 Å². The molecule has 8 nitrogen and oxygen atoms in total. The average molecular weight is 498 g/mol. The number of H-pyrrole nitrogens is 2. The van der Waals surface area contributed by atoms with Gasteiger partial charge < -0.3 is 11.1 Å². The molecule has 1 unspecified atom stereocenters. The quantitative estimate of drug-likeness (QED) is 0.260. The molecule has 5 N–H and O–H groups in total. The van der Waals surface area contributed by atoms with Crippen molar-refractivity contribution in [2.45, 2.75) is 19.1 Å². The number of aromatic amines is 2. The predicted molar refractivity (Wildman–Crippen MR) is 127 cm³/mol. The third kappa shape index (κ3) is 4.53. The number of rotatable bonds is 5. The standard InChI is InChI=1S/C23H18F3N7OS/c1-11(27)12-3-2-4-13(5-12)15-6-14-9-28-31-16(14)7-17(15)29-21(34)19-10-35-22(30-19)18-8-20(33-32-18)23(24,25)26/h2-11H,27H2,1H3,(H,28,31)(H,29,34)(H,32,33). The van der Waals surface area contributed by atoms with Crippen LogP contribution in [0.3, 0.4) is 0 Å². The highest BCUT2D eigenvalue weighted by atomic mass is 32.1. The number of carbonyl (C=O) groups excluding carboxylic acids is 1. The van der Waals surface area contributed by atoms with Gasteiger partial charge in [-0.05, 0) is 42.3 Å². The summed E-state index contributed by atoms with van der Waals surface area (Å²) in [6.07, 6.45) is -2.89. The van der Waals surface area contributed by atoms with Gasteiger partial charge in [-0.15, -0.1) is 11.3 Å². The van der Waals surface area contributed by atoms with Gasteiger partial charge in [-0.2, -0.15) is 23.4 Å². The molecule has 1 atom stereocenters. The molecule has 0 aliphatic heterocycles. The van der Waals surface area contributed by atoms with Crippen molar-refractivity contribution >= 4 is 33.8 Å². The number of anilines is 1. The van der Waals surface area contributed by atoms with Crippen molar-refractivity contribution < 1.29 is 18.0 Å². The molecule has 3 aromatic heterocycles. The van der Waals surface area contributed by atoms with Crippen molar-refractivity contribution in [2.24, 2.45) is 5.73 Å². The van der Waals surface area contributed by atoms with Gasteiger partial charge in [-0.25, -0.2) is 4.98 Å². The molecule has 0 fully saturated rings. The van der Waals surface area contributed by atoms with Gasteiger partial charge in [0.05, 0.1) is 23.1 Å². The maximum Gasteiger partial charge on any atom is 0.435 e. The summed E-state index contributed by atoms with van der Waals surface area (Å²) in [6.45, 7) is 1.89. The fourth-order valence-electron chi connectivity index (χ4n) is 3.59. The van der Waals surface area contributed by atoms with Gasteiger partial charge in [-0.1, -0.05) is 18.2 Å². The number of carbonyl (C=O) groups is 1. The Bertz CT molecular complexity index is 1530. The number of halogens is 3. The number of aromatic nitrogens is 5. The lowest BCUT2D eigenvalue weighted by molar-refractivity contribution is -0.141. The van der Waals surface area contributed by atoms with E-state index in [0.29, 0.717) is 5.69 Å². The first-order valence-electron chi connectivity index (χ1n) is 10.4. The van der Waals surface area contributed by atoms with E-state index in [-0.39, 0.29) is 22.4 Å². The van der Waals surface area contributed by atoms with E-state index in [0.717, 1.165) is 45.0 Å². The van der Waals surface area contributed by atoms with Crippen molar-refractivity contribution in [3.8, 4) is 21.8 Å². The number of hydrogen-bond donors (Lipinski definition) is 4. The SMILES string of the molecule is CC(N)c1cccc(-c2cc3cn[nH]c3cc2NC(=O)c2csc(-c3cc(C(F)(F)F)n[nH]3)n2)c1. The fraction of sp³-hybridized carbons (Fsp3) is 0.130. The number of nitrogens with zero attached hydrogens (tertiary/aromatic N) is 3. The Kier molecular flexibility index (Phi) is 5.61. The topological polar surface area (TPSA) is 125 Å². The lowest BCUT2D eigenvalue weighted by Crippen LogP contribution is -2.13. The number of nitrogens with two attached hydrogens (primary N) is 1. The van der Waals surface area contributed by atoms with E-state index in [4.69, 9.17) is 5.73 Å². The second-order valence-electron chi connectivity index (χ2n) is 7.93. The van der Waals surface area contributed by atoms with E-state index in [1.54, 1.807) is 12.3 Å². The molecule has 0 spiro atoms. The maximum atomic E-state index is 13.0. The van der Waals surface area contributed by atoms with Crippen LogP contribution < -0.4 is 11.1 Å². The largest absolute Gasteiger partial charge is 0.435 e. The second-order valence-corrected chi connectivity index (χ2v) is 8.78. The van der Waals surface area contributed by atoms with Gasteiger partial charge in [0.2, 0.25) is 0 Å². The van der Waals surface area contributed by atoms with E-state index in [1.807, 2.05) is 37.3 Å². The van der Waals surface area contributed by atoms with E-state index in [2.05, 4.69) is 30.7 Å².